The van der Waals surface area contributed by atoms with E-state index in [0.717, 1.165) is 10.9 Å². The lowest BCUT2D eigenvalue weighted by Gasteiger charge is -2.35. The number of carbonyl (C=O) groups excluding carboxylic acids is 1. The molecule has 8 heteroatoms. The van der Waals surface area contributed by atoms with Gasteiger partial charge in [-0.15, -0.1) is 0 Å². The highest BCUT2D eigenvalue weighted by atomic mass is 16.6. The van der Waals surface area contributed by atoms with Crippen molar-refractivity contribution in [3.63, 3.8) is 0 Å². The first-order chi connectivity index (χ1) is 12.6. The Morgan fingerprint density at radius 1 is 1.04 bits per heavy atom. The monoisotopic (exact) mass is 351 g/mol. The van der Waals surface area contributed by atoms with Gasteiger partial charge in [-0.05, 0) is 18.2 Å². The summed E-state index contributed by atoms with van der Waals surface area (Å²) in [6, 6.07) is 12.6. The molecule has 1 aliphatic rings. The van der Waals surface area contributed by atoms with Gasteiger partial charge in [-0.1, -0.05) is 18.2 Å². The number of rotatable bonds is 2. The molecule has 4 rings (SSSR count). The minimum Gasteiger partial charge on any atom is -0.347 e. The van der Waals surface area contributed by atoms with Crippen LogP contribution in [0.1, 0.15) is 0 Å². The van der Waals surface area contributed by atoms with Crippen molar-refractivity contribution in [2.24, 2.45) is 0 Å². The number of fused-ring (bicyclic) bond motifs is 1. The fourth-order valence-electron chi connectivity index (χ4n) is 3.29. The second kappa shape index (κ2) is 6.47. The zero-order valence-corrected chi connectivity index (χ0v) is 14.0. The van der Waals surface area contributed by atoms with Crippen LogP contribution >= 0.6 is 0 Å². The van der Waals surface area contributed by atoms with Crippen LogP contribution in [0.3, 0.4) is 0 Å². The van der Waals surface area contributed by atoms with Gasteiger partial charge in [0.15, 0.2) is 0 Å². The lowest BCUT2D eigenvalue weighted by molar-refractivity contribution is -0.384. The molecule has 1 aliphatic heterocycles. The molecule has 0 saturated carbocycles. The summed E-state index contributed by atoms with van der Waals surface area (Å²) < 4.78 is 1.65. The van der Waals surface area contributed by atoms with Gasteiger partial charge in [0.1, 0.15) is 0 Å². The van der Waals surface area contributed by atoms with E-state index in [0.29, 0.717) is 32.0 Å². The molecule has 0 unspecified atom stereocenters. The highest BCUT2D eigenvalue weighted by Gasteiger charge is 2.27. The van der Waals surface area contributed by atoms with Gasteiger partial charge >= 0.3 is 11.7 Å². The van der Waals surface area contributed by atoms with Gasteiger partial charge in [0.25, 0.3) is 0 Å². The van der Waals surface area contributed by atoms with E-state index >= 15 is 0 Å². The zero-order chi connectivity index (χ0) is 18.1. The van der Waals surface area contributed by atoms with Gasteiger partial charge in [0.2, 0.25) is 5.82 Å². The average Bonchev–Trinajstić information content (AvgIpc) is 3.11. The number of para-hydroxylation sites is 1. The molecule has 3 aromatic rings. The van der Waals surface area contributed by atoms with Crippen LogP contribution in [0.25, 0.3) is 10.9 Å². The molecule has 3 heterocycles. The van der Waals surface area contributed by atoms with Crippen LogP contribution in [0.15, 0.2) is 54.9 Å². The molecule has 2 aromatic heterocycles. The van der Waals surface area contributed by atoms with Crippen molar-refractivity contribution in [3.8, 4) is 0 Å². The molecule has 0 radical (unpaired) electrons. The van der Waals surface area contributed by atoms with Crippen molar-refractivity contribution < 1.29 is 9.72 Å². The summed E-state index contributed by atoms with van der Waals surface area (Å²) in [4.78, 5) is 31.4. The van der Waals surface area contributed by atoms with Gasteiger partial charge in [-0.2, -0.15) is 0 Å². The second-order valence-corrected chi connectivity index (χ2v) is 6.10. The number of carbonyl (C=O) groups is 1. The van der Waals surface area contributed by atoms with Crippen LogP contribution in [-0.2, 0) is 0 Å². The Hall–Kier alpha value is -3.42. The molecule has 8 nitrogen and oxygen atoms in total. The van der Waals surface area contributed by atoms with E-state index in [1.165, 1.54) is 6.07 Å². The number of benzene rings is 1. The molecule has 0 spiro atoms. The van der Waals surface area contributed by atoms with Crippen molar-refractivity contribution in [2.75, 3.05) is 31.1 Å². The van der Waals surface area contributed by atoms with Crippen LogP contribution in [0.2, 0.25) is 0 Å². The molecule has 132 valence electrons. The molecular formula is C18H17N5O3. The molecule has 1 aromatic carbocycles. The Bertz CT molecular complexity index is 976. The summed E-state index contributed by atoms with van der Waals surface area (Å²) in [5, 5.41) is 12.2. The predicted molar refractivity (Wildman–Crippen MR) is 97.4 cm³/mol. The highest BCUT2D eigenvalue weighted by molar-refractivity contribution is 5.91. The molecule has 0 N–H and O–H groups in total. The first-order valence-corrected chi connectivity index (χ1v) is 8.35. The molecule has 1 amide bonds. The van der Waals surface area contributed by atoms with E-state index in [1.807, 2.05) is 35.2 Å². The SMILES string of the molecule is O=C(N1CCN(c2ncccc2[N+](=O)[O-])CC1)n1ccc2ccccc21. The molecule has 1 saturated heterocycles. The standard InChI is InChI=1S/C18H17N5O3/c24-18(22-9-7-14-4-1-2-5-15(14)22)21-12-10-20(11-13-21)17-16(23(25)26)6-3-8-19-17/h1-9H,10-13H2. The Labute approximate surface area is 149 Å². The lowest BCUT2D eigenvalue weighted by atomic mass is 10.2. The number of nitrogens with zero attached hydrogens (tertiary/aromatic N) is 5. The topological polar surface area (TPSA) is 84.5 Å². The van der Waals surface area contributed by atoms with Crippen molar-refractivity contribution >= 4 is 28.4 Å². The Morgan fingerprint density at radius 3 is 2.58 bits per heavy atom. The maximum absolute atomic E-state index is 12.8. The fraction of sp³-hybridized carbons (Fsp3) is 0.222. The van der Waals surface area contributed by atoms with Gasteiger partial charge in [0, 0.05) is 50.0 Å². The van der Waals surface area contributed by atoms with Crippen LogP contribution in [0.4, 0.5) is 16.3 Å². The van der Waals surface area contributed by atoms with Crippen molar-refractivity contribution in [3.05, 3.63) is 65.0 Å². The van der Waals surface area contributed by atoms with Crippen LogP contribution in [-0.4, -0.2) is 51.6 Å². The summed E-state index contributed by atoms with van der Waals surface area (Å²) in [5.41, 5.74) is 0.865. The second-order valence-electron chi connectivity index (χ2n) is 6.10. The fourth-order valence-corrected chi connectivity index (χ4v) is 3.29. The molecular weight excluding hydrogens is 334 g/mol. The Balaban J connectivity index is 1.50. The third kappa shape index (κ3) is 2.75. The van der Waals surface area contributed by atoms with Crippen LogP contribution < -0.4 is 4.90 Å². The summed E-state index contributed by atoms with van der Waals surface area (Å²) >= 11 is 0. The van der Waals surface area contributed by atoms with Gasteiger partial charge in [-0.3, -0.25) is 14.7 Å². The van der Waals surface area contributed by atoms with Gasteiger partial charge < -0.3 is 9.80 Å². The minimum atomic E-state index is -0.425. The summed E-state index contributed by atoms with van der Waals surface area (Å²) in [5.74, 6) is 0.357. The molecule has 26 heavy (non-hydrogen) atoms. The first kappa shape index (κ1) is 16.1. The first-order valence-electron chi connectivity index (χ1n) is 8.35. The molecule has 0 aliphatic carbocycles. The van der Waals surface area contributed by atoms with E-state index in [1.54, 1.807) is 27.9 Å². The summed E-state index contributed by atoms with van der Waals surface area (Å²) in [6.07, 6.45) is 3.33. The Morgan fingerprint density at radius 2 is 1.81 bits per heavy atom. The van der Waals surface area contributed by atoms with E-state index in [-0.39, 0.29) is 11.7 Å². The number of amides is 1. The maximum atomic E-state index is 12.8. The summed E-state index contributed by atoms with van der Waals surface area (Å²) in [6.45, 7) is 1.98. The number of aromatic nitrogens is 2. The minimum absolute atomic E-state index is 0.0105. The quantitative estimate of drug-likeness (QED) is 0.523. The number of piperazine rings is 1. The third-order valence-electron chi connectivity index (χ3n) is 4.62. The van der Waals surface area contributed by atoms with Crippen molar-refractivity contribution in [2.45, 2.75) is 0 Å². The molecule has 0 bridgehead atoms. The number of nitro groups is 1. The number of anilines is 1. The molecule has 0 atom stereocenters. The van der Waals surface area contributed by atoms with E-state index in [4.69, 9.17) is 0 Å². The number of hydrogen-bond acceptors (Lipinski definition) is 5. The van der Waals surface area contributed by atoms with Crippen LogP contribution in [0, 0.1) is 10.1 Å². The van der Waals surface area contributed by atoms with E-state index in [2.05, 4.69) is 4.98 Å². The zero-order valence-electron chi connectivity index (χ0n) is 14.0. The average molecular weight is 351 g/mol. The molecule has 1 fully saturated rings. The van der Waals surface area contributed by atoms with Gasteiger partial charge in [-0.25, -0.2) is 9.78 Å². The predicted octanol–water partition coefficient (Wildman–Crippen LogP) is 2.73. The van der Waals surface area contributed by atoms with Crippen molar-refractivity contribution in [1.29, 1.82) is 0 Å². The van der Waals surface area contributed by atoms with E-state index in [9.17, 15) is 14.9 Å². The maximum Gasteiger partial charge on any atom is 0.328 e. The van der Waals surface area contributed by atoms with E-state index < -0.39 is 4.92 Å². The van der Waals surface area contributed by atoms with Crippen LogP contribution in [0.5, 0.6) is 0 Å². The summed E-state index contributed by atoms with van der Waals surface area (Å²) in [7, 11) is 0. The largest absolute Gasteiger partial charge is 0.347 e. The van der Waals surface area contributed by atoms with Crippen molar-refractivity contribution in [1.82, 2.24) is 14.5 Å². The highest BCUT2D eigenvalue weighted by Crippen LogP contribution is 2.26. The van der Waals surface area contributed by atoms with Gasteiger partial charge in [0.05, 0.1) is 10.4 Å². The Kier molecular flexibility index (Phi) is 4.00. The lowest BCUT2D eigenvalue weighted by Crippen LogP contribution is -2.50. The normalized spacial score (nSPS) is 14.6. The number of pyridine rings is 1. The third-order valence-corrected chi connectivity index (χ3v) is 4.62. The number of hydrogen-bond donors (Lipinski definition) is 0. The smallest absolute Gasteiger partial charge is 0.328 e.